The van der Waals surface area contributed by atoms with Crippen molar-refractivity contribution in [2.45, 2.75) is 57.2 Å². The molecule has 5 heteroatoms. The van der Waals surface area contributed by atoms with Crippen LogP contribution in [0.3, 0.4) is 0 Å². The summed E-state index contributed by atoms with van der Waals surface area (Å²) in [5, 5.41) is 6.33. The number of hydrogen-bond acceptors (Lipinski definition) is 3. The first-order chi connectivity index (χ1) is 7.77. The van der Waals surface area contributed by atoms with Crippen molar-refractivity contribution in [3.05, 3.63) is 0 Å². The van der Waals surface area contributed by atoms with Gasteiger partial charge >= 0.3 is 0 Å². The molecule has 17 heavy (non-hydrogen) atoms. The topological polar surface area (TPSA) is 50.4 Å². The number of amides is 1. The molecule has 1 amide bonds. The number of halogens is 1. The SMILES string of the molecule is CC(NC(=O)[C@H]1CCCCN1)C1CCCO1.Cl. The lowest BCUT2D eigenvalue weighted by Crippen LogP contribution is -2.51. The zero-order chi connectivity index (χ0) is 11.4. The van der Waals surface area contributed by atoms with E-state index in [1.807, 2.05) is 6.92 Å². The fraction of sp³-hybridized carbons (Fsp3) is 0.917. The van der Waals surface area contributed by atoms with Gasteiger partial charge in [0.15, 0.2) is 0 Å². The summed E-state index contributed by atoms with van der Waals surface area (Å²) in [6.07, 6.45) is 5.70. The lowest BCUT2D eigenvalue weighted by Gasteiger charge is -2.26. The number of ether oxygens (including phenoxy) is 1. The van der Waals surface area contributed by atoms with E-state index in [9.17, 15) is 4.79 Å². The summed E-state index contributed by atoms with van der Waals surface area (Å²) in [5.41, 5.74) is 0. The minimum absolute atomic E-state index is 0. The Kier molecular flexibility index (Phi) is 6.23. The molecule has 0 aromatic carbocycles. The molecule has 4 nitrogen and oxygen atoms in total. The molecular formula is C12H23ClN2O2. The summed E-state index contributed by atoms with van der Waals surface area (Å²) in [4.78, 5) is 11.9. The molecule has 2 rings (SSSR count). The van der Waals surface area contributed by atoms with Crippen molar-refractivity contribution < 1.29 is 9.53 Å². The number of carbonyl (C=O) groups excluding carboxylic acids is 1. The highest BCUT2D eigenvalue weighted by molar-refractivity contribution is 5.85. The Bertz CT molecular complexity index is 239. The summed E-state index contributed by atoms with van der Waals surface area (Å²) >= 11 is 0. The number of nitrogens with one attached hydrogen (secondary N) is 2. The monoisotopic (exact) mass is 262 g/mol. The maximum atomic E-state index is 11.9. The number of rotatable bonds is 3. The van der Waals surface area contributed by atoms with Crippen LogP contribution >= 0.6 is 12.4 Å². The summed E-state index contributed by atoms with van der Waals surface area (Å²) in [7, 11) is 0. The fourth-order valence-corrected chi connectivity index (χ4v) is 2.49. The number of hydrogen-bond donors (Lipinski definition) is 2. The van der Waals surface area contributed by atoms with Gasteiger partial charge in [-0.1, -0.05) is 6.42 Å². The van der Waals surface area contributed by atoms with E-state index in [0.29, 0.717) is 0 Å². The Labute approximate surface area is 109 Å². The van der Waals surface area contributed by atoms with Crippen LogP contribution in [-0.4, -0.2) is 37.2 Å². The lowest BCUT2D eigenvalue weighted by atomic mass is 10.0. The lowest BCUT2D eigenvalue weighted by molar-refractivity contribution is -0.125. The second kappa shape index (κ2) is 7.19. The van der Waals surface area contributed by atoms with E-state index in [1.54, 1.807) is 0 Å². The number of carbonyl (C=O) groups is 1. The summed E-state index contributed by atoms with van der Waals surface area (Å²) in [6.45, 7) is 3.84. The Morgan fingerprint density at radius 2 is 2.18 bits per heavy atom. The Hall–Kier alpha value is -0.320. The highest BCUT2D eigenvalue weighted by atomic mass is 35.5. The predicted molar refractivity (Wildman–Crippen MR) is 69.5 cm³/mol. The van der Waals surface area contributed by atoms with Crippen LogP contribution in [0.2, 0.25) is 0 Å². The molecule has 2 unspecified atom stereocenters. The van der Waals surface area contributed by atoms with Crippen LogP contribution in [-0.2, 0) is 9.53 Å². The zero-order valence-corrected chi connectivity index (χ0v) is 11.2. The van der Waals surface area contributed by atoms with Crippen molar-refractivity contribution in [1.82, 2.24) is 10.6 Å². The zero-order valence-electron chi connectivity index (χ0n) is 10.4. The normalized spacial score (nSPS) is 30.4. The van der Waals surface area contributed by atoms with Crippen molar-refractivity contribution in [2.24, 2.45) is 0 Å². The first-order valence-corrected chi connectivity index (χ1v) is 6.43. The second-order valence-corrected chi connectivity index (χ2v) is 4.85. The van der Waals surface area contributed by atoms with Gasteiger partial charge in [-0.15, -0.1) is 12.4 Å². The molecule has 0 radical (unpaired) electrons. The predicted octanol–water partition coefficient (Wildman–Crippen LogP) is 1.23. The average molecular weight is 263 g/mol. The van der Waals surface area contributed by atoms with E-state index in [2.05, 4.69) is 10.6 Å². The minimum Gasteiger partial charge on any atom is -0.376 e. The van der Waals surface area contributed by atoms with Crippen LogP contribution in [0.15, 0.2) is 0 Å². The van der Waals surface area contributed by atoms with Crippen LogP contribution in [0.1, 0.15) is 39.0 Å². The van der Waals surface area contributed by atoms with Crippen molar-refractivity contribution in [3.8, 4) is 0 Å². The molecule has 0 bridgehead atoms. The first kappa shape index (κ1) is 14.7. The van der Waals surface area contributed by atoms with Gasteiger partial charge in [0.2, 0.25) is 5.91 Å². The van der Waals surface area contributed by atoms with Crippen molar-refractivity contribution >= 4 is 18.3 Å². The van der Waals surface area contributed by atoms with Crippen LogP contribution in [0.5, 0.6) is 0 Å². The second-order valence-electron chi connectivity index (χ2n) is 4.85. The van der Waals surface area contributed by atoms with E-state index in [4.69, 9.17) is 4.74 Å². The standard InChI is InChI=1S/C12H22N2O2.ClH/c1-9(11-6-4-8-16-11)14-12(15)10-5-2-3-7-13-10;/h9-11,13H,2-8H2,1H3,(H,14,15);1H/t9?,10-,11?;/m1./s1. The molecule has 2 heterocycles. The van der Waals surface area contributed by atoms with Gasteiger partial charge in [0.1, 0.15) is 0 Å². The molecule has 2 fully saturated rings. The van der Waals surface area contributed by atoms with Gasteiger partial charge < -0.3 is 15.4 Å². The molecule has 0 saturated carbocycles. The van der Waals surface area contributed by atoms with Gasteiger partial charge in [0.25, 0.3) is 0 Å². The summed E-state index contributed by atoms with van der Waals surface area (Å²) in [5.74, 6) is 0.141. The van der Waals surface area contributed by atoms with Crippen molar-refractivity contribution in [2.75, 3.05) is 13.2 Å². The Morgan fingerprint density at radius 1 is 1.35 bits per heavy atom. The number of piperidine rings is 1. The maximum absolute atomic E-state index is 11.9. The van der Waals surface area contributed by atoms with Gasteiger partial charge in [-0.05, 0) is 39.2 Å². The van der Waals surface area contributed by atoms with E-state index in [-0.39, 0.29) is 36.5 Å². The molecule has 100 valence electrons. The molecule has 2 aliphatic heterocycles. The van der Waals surface area contributed by atoms with Gasteiger partial charge in [-0.3, -0.25) is 4.79 Å². The molecule has 0 aromatic heterocycles. The quantitative estimate of drug-likeness (QED) is 0.805. The molecule has 2 aliphatic rings. The van der Waals surface area contributed by atoms with Crippen LogP contribution in [0.25, 0.3) is 0 Å². The van der Waals surface area contributed by atoms with E-state index in [1.165, 1.54) is 6.42 Å². The molecular weight excluding hydrogens is 240 g/mol. The Balaban J connectivity index is 0.00000144. The highest BCUT2D eigenvalue weighted by Crippen LogP contribution is 2.16. The van der Waals surface area contributed by atoms with Crippen LogP contribution in [0.4, 0.5) is 0 Å². The third-order valence-electron chi connectivity index (χ3n) is 3.52. The van der Waals surface area contributed by atoms with E-state index in [0.717, 1.165) is 38.8 Å². The van der Waals surface area contributed by atoms with Crippen LogP contribution in [0, 0.1) is 0 Å². The van der Waals surface area contributed by atoms with Gasteiger partial charge in [0, 0.05) is 6.61 Å². The molecule has 2 N–H and O–H groups in total. The Morgan fingerprint density at radius 3 is 2.76 bits per heavy atom. The molecule has 0 aliphatic carbocycles. The van der Waals surface area contributed by atoms with Crippen LogP contribution < -0.4 is 10.6 Å². The minimum atomic E-state index is 0. The maximum Gasteiger partial charge on any atom is 0.237 e. The third kappa shape index (κ3) is 4.12. The highest BCUT2D eigenvalue weighted by Gasteiger charge is 2.27. The first-order valence-electron chi connectivity index (χ1n) is 6.43. The smallest absolute Gasteiger partial charge is 0.237 e. The summed E-state index contributed by atoms with van der Waals surface area (Å²) < 4.78 is 5.57. The third-order valence-corrected chi connectivity index (χ3v) is 3.52. The molecule has 0 aromatic rings. The largest absolute Gasteiger partial charge is 0.376 e. The van der Waals surface area contributed by atoms with Crippen molar-refractivity contribution in [1.29, 1.82) is 0 Å². The fourth-order valence-electron chi connectivity index (χ4n) is 2.49. The van der Waals surface area contributed by atoms with Gasteiger partial charge in [-0.2, -0.15) is 0 Å². The van der Waals surface area contributed by atoms with Gasteiger partial charge in [-0.25, -0.2) is 0 Å². The molecule has 2 saturated heterocycles. The van der Waals surface area contributed by atoms with E-state index < -0.39 is 0 Å². The molecule has 3 atom stereocenters. The average Bonchev–Trinajstić information content (AvgIpc) is 2.83. The van der Waals surface area contributed by atoms with Gasteiger partial charge in [0.05, 0.1) is 18.2 Å². The molecule has 0 spiro atoms. The van der Waals surface area contributed by atoms with Crippen molar-refractivity contribution in [3.63, 3.8) is 0 Å². The summed E-state index contributed by atoms with van der Waals surface area (Å²) in [6, 6.07) is 0.149. The van der Waals surface area contributed by atoms with E-state index >= 15 is 0 Å².